The number of nitrogen functional groups attached to an aromatic ring is 1. The lowest BCUT2D eigenvalue weighted by Gasteiger charge is -2.01. The highest BCUT2D eigenvalue weighted by atomic mass is 16.5. The van der Waals surface area contributed by atoms with Crippen LogP contribution < -0.4 is 5.73 Å². The quantitative estimate of drug-likeness (QED) is 0.403. The summed E-state index contributed by atoms with van der Waals surface area (Å²) >= 11 is 0. The van der Waals surface area contributed by atoms with E-state index in [4.69, 9.17) is 15.7 Å². The van der Waals surface area contributed by atoms with Crippen molar-refractivity contribution in [2.75, 3.05) is 7.11 Å². The summed E-state index contributed by atoms with van der Waals surface area (Å²) in [5, 5.41) is 11.5. The van der Waals surface area contributed by atoms with Gasteiger partial charge in [-0.05, 0) is 12.0 Å². The molecule has 0 atom stereocenters. The third kappa shape index (κ3) is 3.97. The molecule has 0 aliphatic rings. The van der Waals surface area contributed by atoms with Crippen LogP contribution in [0, 0.1) is 5.41 Å². The van der Waals surface area contributed by atoms with Crippen LogP contribution in [0.5, 0.6) is 0 Å². The zero-order valence-corrected chi connectivity index (χ0v) is 14.4. The topological polar surface area (TPSA) is 102 Å². The number of carbonyl (C=O) groups is 1. The monoisotopic (exact) mass is 349 g/mol. The fourth-order valence-electron chi connectivity index (χ4n) is 2.55. The van der Waals surface area contributed by atoms with Gasteiger partial charge in [-0.1, -0.05) is 53.7 Å². The first-order valence-corrected chi connectivity index (χ1v) is 8.14. The molecule has 26 heavy (non-hydrogen) atoms. The summed E-state index contributed by atoms with van der Waals surface area (Å²) in [5.41, 5.74) is 9.70. The third-order valence-corrected chi connectivity index (χ3v) is 4.09. The van der Waals surface area contributed by atoms with E-state index in [2.05, 4.69) is 9.89 Å². The molecule has 132 valence electrons. The van der Waals surface area contributed by atoms with Crippen LogP contribution in [-0.2, 0) is 16.0 Å². The van der Waals surface area contributed by atoms with Crippen LogP contribution in [0.2, 0.25) is 0 Å². The van der Waals surface area contributed by atoms with E-state index in [1.807, 2.05) is 42.5 Å². The average molecular weight is 349 g/mol. The molecule has 0 spiro atoms. The maximum Gasteiger partial charge on any atom is 0.305 e. The lowest BCUT2D eigenvalue weighted by Crippen LogP contribution is -2.10. The Hall–Kier alpha value is -3.41. The summed E-state index contributed by atoms with van der Waals surface area (Å²) in [4.78, 5) is 11.2. The minimum atomic E-state index is -0.218. The Morgan fingerprint density at radius 2 is 1.77 bits per heavy atom. The van der Waals surface area contributed by atoms with E-state index in [1.165, 1.54) is 7.11 Å². The van der Waals surface area contributed by atoms with Gasteiger partial charge in [0.15, 0.2) is 5.76 Å². The Balaban J connectivity index is 1.73. The van der Waals surface area contributed by atoms with Crippen molar-refractivity contribution in [3.05, 3.63) is 65.7 Å². The number of hydrogen-bond donors (Lipinski definition) is 2. The Kier molecular flexibility index (Phi) is 5.12. The van der Waals surface area contributed by atoms with Crippen molar-refractivity contribution in [1.29, 1.82) is 5.41 Å². The van der Waals surface area contributed by atoms with Gasteiger partial charge in [0.25, 0.3) is 0 Å². The molecule has 3 rings (SSSR count). The molecule has 3 N–H and O–H groups in total. The summed E-state index contributed by atoms with van der Waals surface area (Å²) in [7, 11) is 1.39. The number of aryl methyl sites for hydroxylation is 1. The van der Waals surface area contributed by atoms with E-state index >= 15 is 0 Å². The zero-order valence-electron chi connectivity index (χ0n) is 14.4. The van der Waals surface area contributed by atoms with Crippen molar-refractivity contribution in [1.82, 2.24) is 5.16 Å². The molecule has 1 aromatic heterocycles. The summed E-state index contributed by atoms with van der Waals surface area (Å²) in [6.45, 7) is 0. The minimum absolute atomic E-state index is 0.0321. The molecule has 1 heterocycles. The minimum Gasteiger partial charge on any atom is -0.469 e. The van der Waals surface area contributed by atoms with Gasteiger partial charge < -0.3 is 15.0 Å². The highest BCUT2D eigenvalue weighted by Gasteiger charge is 2.09. The predicted molar refractivity (Wildman–Crippen MR) is 98.7 cm³/mol. The Morgan fingerprint density at radius 1 is 1.12 bits per heavy atom. The molecule has 0 saturated carbocycles. The largest absolute Gasteiger partial charge is 0.469 e. The molecule has 0 saturated heterocycles. The van der Waals surface area contributed by atoms with Crippen LogP contribution in [-0.4, -0.2) is 24.1 Å². The standard InChI is InChI=1S/C20H19N3O3/c1-25-19(24)11-4-13-2-5-15(6-3-13)18-12-17(23-26-18)14-7-9-16(10-8-14)20(21)22/h2-3,5-10,12H,4,11H2,1H3,(H3,21,22). The number of hydrogen-bond acceptors (Lipinski definition) is 5. The Morgan fingerprint density at radius 3 is 2.38 bits per heavy atom. The fourth-order valence-corrected chi connectivity index (χ4v) is 2.55. The van der Waals surface area contributed by atoms with E-state index in [9.17, 15) is 4.79 Å². The van der Waals surface area contributed by atoms with Gasteiger partial charge in [-0.3, -0.25) is 10.2 Å². The van der Waals surface area contributed by atoms with Crippen molar-refractivity contribution in [2.45, 2.75) is 12.8 Å². The smallest absolute Gasteiger partial charge is 0.305 e. The van der Waals surface area contributed by atoms with E-state index in [0.29, 0.717) is 29.9 Å². The van der Waals surface area contributed by atoms with Crippen LogP contribution in [0.25, 0.3) is 22.6 Å². The van der Waals surface area contributed by atoms with Crippen LogP contribution in [0.3, 0.4) is 0 Å². The van der Waals surface area contributed by atoms with Crippen molar-refractivity contribution >= 4 is 11.8 Å². The SMILES string of the molecule is COC(=O)CCc1ccc(-c2cc(-c3ccc(C(=N)N)cc3)no2)cc1. The zero-order chi connectivity index (χ0) is 18.5. The second kappa shape index (κ2) is 7.65. The third-order valence-electron chi connectivity index (χ3n) is 4.09. The molecule has 0 radical (unpaired) electrons. The Labute approximate surface area is 151 Å². The first-order valence-electron chi connectivity index (χ1n) is 8.14. The molecule has 0 aliphatic carbocycles. The Bertz CT molecular complexity index is 912. The molecule has 0 unspecified atom stereocenters. The van der Waals surface area contributed by atoms with E-state index in [1.54, 1.807) is 12.1 Å². The molecule has 2 aromatic carbocycles. The van der Waals surface area contributed by atoms with Gasteiger partial charge in [-0.2, -0.15) is 0 Å². The summed E-state index contributed by atoms with van der Waals surface area (Å²) in [6.07, 6.45) is 0.996. The molecule has 0 bridgehead atoms. The molecule has 0 aliphatic heterocycles. The maximum atomic E-state index is 11.2. The number of rotatable bonds is 6. The fraction of sp³-hybridized carbons (Fsp3) is 0.150. The number of benzene rings is 2. The molecule has 0 fully saturated rings. The first kappa shape index (κ1) is 17.4. The number of carbonyl (C=O) groups excluding carboxylic acids is 1. The highest BCUT2D eigenvalue weighted by Crippen LogP contribution is 2.26. The van der Waals surface area contributed by atoms with Crippen LogP contribution in [0.4, 0.5) is 0 Å². The number of aromatic nitrogens is 1. The lowest BCUT2D eigenvalue weighted by molar-refractivity contribution is -0.140. The summed E-state index contributed by atoms with van der Waals surface area (Å²) in [6, 6.07) is 16.9. The molecule has 3 aromatic rings. The number of ether oxygens (including phenoxy) is 1. The number of amidine groups is 1. The van der Waals surface area contributed by atoms with Crippen LogP contribution >= 0.6 is 0 Å². The van der Waals surface area contributed by atoms with E-state index in [0.717, 1.165) is 16.7 Å². The lowest BCUT2D eigenvalue weighted by atomic mass is 10.0. The normalized spacial score (nSPS) is 10.5. The van der Waals surface area contributed by atoms with Crippen molar-refractivity contribution in [3.63, 3.8) is 0 Å². The van der Waals surface area contributed by atoms with Gasteiger partial charge in [0.2, 0.25) is 0 Å². The predicted octanol–water partition coefficient (Wildman–Crippen LogP) is 3.40. The molecule has 6 heteroatoms. The van der Waals surface area contributed by atoms with Gasteiger partial charge in [-0.25, -0.2) is 0 Å². The van der Waals surface area contributed by atoms with Gasteiger partial charge in [0.05, 0.1) is 7.11 Å². The van der Waals surface area contributed by atoms with Gasteiger partial charge in [0.1, 0.15) is 11.5 Å². The van der Waals surface area contributed by atoms with Crippen LogP contribution in [0.15, 0.2) is 59.1 Å². The van der Waals surface area contributed by atoms with Gasteiger partial charge >= 0.3 is 5.97 Å². The summed E-state index contributed by atoms with van der Waals surface area (Å²) in [5.74, 6) is 0.476. The molecular formula is C20H19N3O3. The van der Waals surface area contributed by atoms with Gasteiger partial charge in [-0.15, -0.1) is 0 Å². The van der Waals surface area contributed by atoms with Crippen LogP contribution in [0.1, 0.15) is 17.5 Å². The van der Waals surface area contributed by atoms with E-state index < -0.39 is 0 Å². The summed E-state index contributed by atoms with van der Waals surface area (Å²) < 4.78 is 10.1. The molecule has 0 amide bonds. The van der Waals surface area contributed by atoms with Crippen molar-refractivity contribution in [2.24, 2.45) is 5.73 Å². The number of esters is 1. The second-order valence-electron chi connectivity index (χ2n) is 5.84. The second-order valence-corrected chi connectivity index (χ2v) is 5.84. The van der Waals surface area contributed by atoms with Crippen molar-refractivity contribution in [3.8, 4) is 22.6 Å². The van der Waals surface area contributed by atoms with Gasteiger partial charge in [0, 0.05) is 29.2 Å². The number of nitrogens with zero attached hydrogens (tertiary/aromatic N) is 1. The number of methoxy groups -OCH3 is 1. The first-order chi connectivity index (χ1) is 12.6. The molecule has 6 nitrogen and oxygen atoms in total. The number of nitrogens with one attached hydrogen (secondary N) is 1. The van der Waals surface area contributed by atoms with Crippen molar-refractivity contribution < 1.29 is 14.1 Å². The highest BCUT2D eigenvalue weighted by molar-refractivity contribution is 5.95. The number of nitrogens with two attached hydrogens (primary N) is 1. The molecular weight excluding hydrogens is 330 g/mol. The van der Waals surface area contributed by atoms with E-state index in [-0.39, 0.29) is 11.8 Å². The average Bonchev–Trinajstić information content (AvgIpc) is 3.16. The maximum absolute atomic E-state index is 11.2.